The first-order chi connectivity index (χ1) is 15.0. The fourth-order valence-corrected chi connectivity index (χ4v) is 4.23. The Kier molecular flexibility index (Phi) is 8.35. The van der Waals surface area contributed by atoms with E-state index < -0.39 is 6.04 Å². The van der Waals surface area contributed by atoms with Gasteiger partial charge in [0.05, 0.1) is 0 Å². The Morgan fingerprint density at radius 3 is 2.48 bits per heavy atom. The van der Waals surface area contributed by atoms with Gasteiger partial charge in [-0.15, -0.1) is 0 Å². The van der Waals surface area contributed by atoms with Crippen molar-refractivity contribution in [3.05, 3.63) is 64.7 Å². The molecular weight excluding hydrogens is 412 g/mol. The van der Waals surface area contributed by atoms with Gasteiger partial charge in [-0.1, -0.05) is 67.8 Å². The molecule has 0 radical (unpaired) electrons. The van der Waals surface area contributed by atoms with Crippen molar-refractivity contribution in [2.24, 2.45) is 0 Å². The van der Waals surface area contributed by atoms with Crippen LogP contribution in [0.5, 0.6) is 5.75 Å². The molecule has 0 aliphatic heterocycles. The molecule has 1 atom stereocenters. The molecule has 1 fully saturated rings. The van der Waals surface area contributed by atoms with Crippen LogP contribution in [0.4, 0.5) is 0 Å². The second-order valence-electron chi connectivity index (χ2n) is 8.08. The minimum Gasteiger partial charge on any atom is -0.484 e. The highest BCUT2D eigenvalue weighted by atomic mass is 35.5. The van der Waals surface area contributed by atoms with Crippen LogP contribution in [0.2, 0.25) is 5.02 Å². The van der Waals surface area contributed by atoms with E-state index in [1.807, 2.05) is 56.3 Å². The summed E-state index contributed by atoms with van der Waals surface area (Å²) in [5.41, 5.74) is 1.76. The highest BCUT2D eigenvalue weighted by Crippen LogP contribution is 2.22. The zero-order valence-electron chi connectivity index (χ0n) is 18.3. The number of carbonyl (C=O) groups excluding carboxylic acids is 2. The van der Waals surface area contributed by atoms with E-state index in [0.717, 1.165) is 36.8 Å². The molecule has 1 N–H and O–H groups in total. The third-order valence-corrected chi connectivity index (χ3v) is 6.20. The highest BCUT2D eigenvalue weighted by molar-refractivity contribution is 6.31. The number of carbonyl (C=O) groups is 2. The number of halogens is 1. The number of para-hydroxylation sites is 1. The average Bonchev–Trinajstić information content (AvgIpc) is 3.27. The number of amides is 2. The maximum atomic E-state index is 13.3. The lowest BCUT2D eigenvalue weighted by molar-refractivity contribution is -0.143. The summed E-state index contributed by atoms with van der Waals surface area (Å²) in [7, 11) is 0. The molecule has 0 aromatic heterocycles. The molecule has 0 saturated heterocycles. The third kappa shape index (κ3) is 6.23. The van der Waals surface area contributed by atoms with Crippen molar-refractivity contribution in [3.8, 4) is 5.75 Å². The monoisotopic (exact) mass is 442 g/mol. The predicted molar refractivity (Wildman–Crippen MR) is 123 cm³/mol. The number of benzene rings is 2. The van der Waals surface area contributed by atoms with E-state index in [0.29, 0.717) is 17.2 Å². The van der Waals surface area contributed by atoms with Crippen molar-refractivity contribution in [2.45, 2.75) is 64.6 Å². The Labute approximate surface area is 189 Å². The minimum absolute atomic E-state index is 0.106. The molecule has 31 heavy (non-hydrogen) atoms. The van der Waals surface area contributed by atoms with Crippen molar-refractivity contribution in [1.29, 1.82) is 0 Å². The number of nitrogens with one attached hydrogen (secondary N) is 1. The molecule has 3 rings (SSSR count). The molecule has 1 aliphatic rings. The van der Waals surface area contributed by atoms with Gasteiger partial charge in [-0.05, 0) is 49.4 Å². The molecule has 1 saturated carbocycles. The van der Waals surface area contributed by atoms with E-state index in [4.69, 9.17) is 16.3 Å². The number of ether oxygens (including phenoxy) is 1. The number of aryl methyl sites for hydroxylation is 1. The van der Waals surface area contributed by atoms with Crippen LogP contribution in [0, 0.1) is 6.92 Å². The Balaban J connectivity index is 1.78. The van der Waals surface area contributed by atoms with Crippen molar-refractivity contribution in [2.75, 3.05) is 6.61 Å². The van der Waals surface area contributed by atoms with Crippen LogP contribution in [0.15, 0.2) is 48.5 Å². The zero-order chi connectivity index (χ0) is 22.2. The smallest absolute Gasteiger partial charge is 0.261 e. The lowest BCUT2D eigenvalue weighted by Gasteiger charge is -2.31. The molecule has 5 nitrogen and oxygen atoms in total. The van der Waals surface area contributed by atoms with Gasteiger partial charge in [-0.3, -0.25) is 9.59 Å². The standard InChI is InChI=1S/C25H31ClN2O3/c1-3-22(25(30)27-20-12-6-7-13-20)28(16-19-11-5-8-14-21(19)26)24(29)17-31-23-15-9-4-10-18(23)2/h4-5,8-11,14-15,20,22H,3,6-7,12-13,16-17H2,1-2H3,(H,27,30). The number of nitrogens with zero attached hydrogens (tertiary/aromatic N) is 1. The van der Waals surface area contributed by atoms with Crippen LogP contribution in [0.3, 0.4) is 0 Å². The van der Waals surface area contributed by atoms with Gasteiger partial charge in [0.1, 0.15) is 11.8 Å². The molecular formula is C25H31ClN2O3. The zero-order valence-corrected chi connectivity index (χ0v) is 19.0. The van der Waals surface area contributed by atoms with Gasteiger partial charge in [-0.25, -0.2) is 0 Å². The first-order valence-electron chi connectivity index (χ1n) is 11.0. The molecule has 0 spiro atoms. The molecule has 166 valence electrons. The Hall–Kier alpha value is -2.53. The molecule has 0 heterocycles. The van der Waals surface area contributed by atoms with E-state index in [9.17, 15) is 9.59 Å². The Morgan fingerprint density at radius 1 is 1.13 bits per heavy atom. The summed E-state index contributed by atoms with van der Waals surface area (Å²) >= 11 is 6.36. The second kappa shape index (κ2) is 11.2. The molecule has 1 aliphatic carbocycles. The van der Waals surface area contributed by atoms with Crippen LogP contribution >= 0.6 is 11.6 Å². The summed E-state index contributed by atoms with van der Waals surface area (Å²) in [5.74, 6) is 0.319. The Morgan fingerprint density at radius 2 is 1.81 bits per heavy atom. The third-order valence-electron chi connectivity index (χ3n) is 5.83. The Bertz CT molecular complexity index is 896. The summed E-state index contributed by atoms with van der Waals surface area (Å²) < 4.78 is 5.80. The van der Waals surface area contributed by atoms with E-state index in [1.54, 1.807) is 11.0 Å². The van der Waals surface area contributed by atoms with Crippen LogP contribution in [-0.4, -0.2) is 35.4 Å². The molecule has 6 heteroatoms. The summed E-state index contributed by atoms with van der Waals surface area (Å²) in [5, 5.41) is 3.72. The van der Waals surface area contributed by atoms with Crippen molar-refractivity contribution in [3.63, 3.8) is 0 Å². The van der Waals surface area contributed by atoms with E-state index in [1.165, 1.54) is 0 Å². The largest absolute Gasteiger partial charge is 0.484 e. The van der Waals surface area contributed by atoms with Gasteiger partial charge in [0.15, 0.2) is 6.61 Å². The van der Waals surface area contributed by atoms with Crippen molar-refractivity contribution in [1.82, 2.24) is 10.2 Å². The van der Waals surface area contributed by atoms with Gasteiger partial charge < -0.3 is 15.0 Å². The van der Waals surface area contributed by atoms with Crippen molar-refractivity contribution < 1.29 is 14.3 Å². The van der Waals surface area contributed by atoms with E-state index in [-0.39, 0.29) is 31.0 Å². The van der Waals surface area contributed by atoms with Crippen LogP contribution < -0.4 is 10.1 Å². The van der Waals surface area contributed by atoms with Gasteiger partial charge >= 0.3 is 0 Å². The lowest BCUT2D eigenvalue weighted by Crippen LogP contribution is -2.52. The maximum absolute atomic E-state index is 13.3. The quantitative estimate of drug-likeness (QED) is 0.601. The maximum Gasteiger partial charge on any atom is 0.261 e. The number of hydrogen-bond donors (Lipinski definition) is 1. The van der Waals surface area contributed by atoms with E-state index in [2.05, 4.69) is 5.32 Å². The number of hydrogen-bond acceptors (Lipinski definition) is 3. The molecule has 1 unspecified atom stereocenters. The van der Waals surface area contributed by atoms with Crippen LogP contribution in [-0.2, 0) is 16.1 Å². The second-order valence-corrected chi connectivity index (χ2v) is 8.49. The predicted octanol–water partition coefficient (Wildman–Crippen LogP) is 4.89. The lowest BCUT2D eigenvalue weighted by atomic mass is 10.1. The van der Waals surface area contributed by atoms with Crippen molar-refractivity contribution >= 4 is 23.4 Å². The average molecular weight is 443 g/mol. The van der Waals surface area contributed by atoms with Gasteiger partial charge in [0, 0.05) is 17.6 Å². The van der Waals surface area contributed by atoms with Gasteiger partial charge in [0.25, 0.3) is 5.91 Å². The van der Waals surface area contributed by atoms with Crippen LogP contribution in [0.1, 0.15) is 50.2 Å². The number of rotatable bonds is 9. The van der Waals surface area contributed by atoms with E-state index >= 15 is 0 Å². The topological polar surface area (TPSA) is 58.6 Å². The summed E-state index contributed by atoms with van der Waals surface area (Å²) in [4.78, 5) is 28.0. The SMILES string of the molecule is CCC(C(=O)NC1CCCC1)N(Cc1ccccc1Cl)C(=O)COc1ccccc1C. The molecule has 2 aromatic carbocycles. The normalized spacial score (nSPS) is 14.8. The molecule has 0 bridgehead atoms. The first kappa shape index (κ1) is 23.1. The summed E-state index contributed by atoms with van der Waals surface area (Å²) in [6.07, 6.45) is 4.77. The van der Waals surface area contributed by atoms with Gasteiger partial charge in [-0.2, -0.15) is 0 Å². The molecule has 2 aromatic rings. The van der Waals surface area contributed by atoms with Gasteiger partial charge in [0.2, 0.25) is 5.91 Å². The fourth-order valence-electron chi connectivity index (χ4n) is 4.04. The first-order valence-corrected chi connectivity index (χ1v) is 11.4. The molecule has 2 amide bonds. The van der Waals surface area contributed by atoms with Crippen LogP contribution in [0.25, 0.3) is 0 Å². The highest BCUT2D eigenvalue weighted by Gasteiger charge is 2.31. The summed E-state index contributed by atoms with van der Waals surface area (Å²) in [6, 6.07) is 14.6. The fraction of sp³-hybridized carbons (Fsp3) is 0.440. The summed E-state index contributed by atoms with van der Waals surface area (Å²) in [6.45, 7) is 3.98. The minimum atomic E-state index is -0.579.